The standard InChI is InChI=1S/C15H29N3O3S2/c16-14(15(19)18-10-11-22-12-18)8-4-5-9-17-23(20,21)13-6-2-1-3-7-13/h13-14,17H,1-12,16H2/t14-/m0/s1. The van der Waals surface area contributed by atoms with Crippen LogP contribution in [-0.2, 0) is 14.8 Å². The number of hydrogen-bond acceptors (Lipinski definition) is 5. The summed E-state index contributed by atoms with van der Waals surface area (Å²) in [6.45, 7) is 1.23. The molecule has 6 nitrogen and oxygen atoms in total. The fraction of sp³-hybridized carbons (Fsp3) is 0.933. The molecular weight excluding hydrogens is 334 g/mol. The average molecular weight is 364 g/mol. The van der Waals surface area contributed by atoms with E-state index in [0.717, 1.165) is 63.1 Å². The van der Waals surface area contributed by atoms with Crippen LogP contribution in [0, 0.1) is 0 Å². The maximum absolute atomic E-state index is 12.2. The number of nitrogens with one attached hydrogen (secondary N) is 1. The van der Waals surface area contributed by atoms with E-state index in [-0.39, 0.29) is 11.2 Å². The van der Waals surface area contributed by atoms with Gasteiger partial charge in [0, 0.05) is 18.8 Å². The maximum atomic E-state index is 12.2. The molecule has 134 valence electrons. The second-order valence-corrected chi connectivity index (χ2v) is 9.56. The van der Waals surface area contributed by atoms with Crippen LogP contribution in [0.25, 0.3) is 0 Å². The first-order valence-corrected chi connectivity index (χ1v) is 11.3. The van der Waals surface area contributed by atoms with E-state index >= 15 is 0 Å². The highest BCUT2D eigenvalue weighted by Gasteiger charge is 2.27. The van der Waals surface area contributed by atoms with E-state index in [2.05, 4.69) is 4.72 Å². The molecule has 1 heterocycles. The molecule has 1 saturated heterocycles. The van der Waals surface area contributed by atoms with Gasteiger partial charge in [0.1, 0.15) is 0 Å². The Morgan fingerprint density at radius 1 is 1.26 bits per heavy atom. The Hall–Kier alpha value is -0.310. The van der Waals surface area contributed by atoms with Gasteiger partial charge < -0.3 is 10.6 Å². The Morgan fingerprint density at radius 3 is 2.65 bits per heavy atom. The molecule has 1 aliphatic carbocycles. The third kappa shape index (κ3) is 5.92. The van der Waals surface area contributed by atoms with Gasteiger partial charge in [0.2, 0.25) is 15.9 Å². The zero-order valence-electron chi connectivity index (χ0n) is 13.7. The molecule has 0 bridgehead atoms. The number of amides is 1. The zero-order valence-corrected chi connectivity index (χ0v) is 15.3. The van der Waals surface area contributed by atoms with E-state index in [1.165, 1.54) is 0 Å². The summed E-state index contributed by atoms with van der Waals surface area (Å²) >= 11 is 1.75. The van der Waals surface area contributed by atoms with Gasteiger partial charge in [-0.2, -0.15) is 0 Å². The summed E-state index contributed by atoms with van der Waals surface area (Å²) in [5.74, 6) is 1.76. The lowest BCUT2D eigenvalue weighted by molar-refractivity contribution is -0.131. The van der Waals surface area contributed by atoms with Crippen molar-refractivity contribution in [3.63, 3.8) is 0 Å². The molecule has 1 amide bonds. The largest absolute Gasteiger partial charge is 0.331 e. The van der Waals surface area contributed by atoms with Crippen LogP contribution in [0.3, 0.4) is 0 Å². The topological polar surface area (TPSA) is 92.5 Å². The number of unbranched alkanes of at least 4 members (excludes halogenated alkanes) is 1. The third-order valence-corrected chi connectivity index (χ3v) is 7.54. The Labute approximate surface area is 144 Å². The molecule has 0 radical (unpaired) electrons. The van der Waals surface area contributed by atoms with Gasteiger partial charge in [0.05, 0.1) is 17.2 Å². The quantitative estimate of drug-likeness (QED) is 0.634. The summed E-state index contributed by atoms with van der Waals surface area (Å²) in [7, 11) is -3.17. The van der Waals surface area contributed by atoms with E-state index in [0.29, 0.717) is 13.0 Å². The molecule has 8 heteroatoms. The van der Waals surface area contributed by atoms with E-state index in [4.69, 9.17) is 5.73 Å². The van der Waals surface area contributed by atoms with Crippen LogP contribution in [0.5, 0.6) is 0 Å². The van der Waals surface area contributed by atoms with Gasteiger partial charge in [0.15, 0.2) is 0 Å². The highest BCUT2D eigenvalue weighted by atomic mass is 32.2. The number of nitrogens with zero attached hydrogens (tertiary/aromatic N) is 1. The Bertz CT molecular complexity index is 472. The lowest BCUT2D eigenvalue weighted by Gasteiger charge is -2.22. The van der Waals surface area contributed by atoms with Crippen molar-refractivity contribution in [3.05, 3.63) is 0 Å². The number of carbonyl (C=O) groups is 1. The number of hydrogen-bond donors (Lipinski definition) is 2. The number of rotatable bonds is 8. The first kappa shape index (κ1) is 19.0. The summed E-state index contributed by atoms with van der Waals surface area (Å²) in [4.78, 5) is 13.9. The summed E-state index contributed by atoms with van der Waals surface area (Å²) in [5.41, 5.74) is 5.94. The zero-order chi connectivity index (χ0) is 16.7. The number of thioether (sulfide) groups is 1. The smallest absolute Gasteiger partial charge is 0.240 e. The molecule has 23 heavy (non-hydrogen) atoms. The van der Waals surface area contributed by atoms with Gasteiger partial charge in [-0.3, -0.25) is 4.79 Å². The van der Waals surface area contributed by atoms with Crippen LogP contribution < -0.4 is 10.5 Å². The minimum atomic E-state index is -3.17. The lowest BCUT2D eigenvalue weighted by atomic mass is 10.0. The van der Waals surface area contributed by atoms with E-state index < -0.39 is 16.1 Å². The summed E-state index contributed by atoms with van der Waals surface area (Å²) in [5, 5.41) is -0.215. The van der Waals surface area contributed by atoms with E-state index in [9.17, 15) is 13.2 Å². The molecule has 0 unspecified atom stereocenters. The van der Waals surface area contributed by atoms with Gasteiger partial charge in [-0.05, 0) is 25.7 Å². The molecule has 0 aromatic carbocycles. The molecule has 1 atom stereocenters. The Morgan fingerprint density at radius 2 is 2.00 bits per heavy atom. The molecule has 1 saturated carbocycles. The normalized spacial score (nSPS) is 21.5. The lowest BCUT2D eigenvalue weighted by Crippen LogP contribution is -2.42. The molecule has 2 aliphatic rings. The molecule has 0 aromatic heterocycles. The second-order valence-electron chi connectivity index (χ2n) is 6.44. The molecular formula is C15H29N3O3S2. The van der Waals surface area contributed by atoms with Crippen LogP contribution >= 0.6 is 11.8 Å². The monoisotopic (exact) mass is 363 g/mol. The third-order valence-electron chi connectivity index (χ3n) is 4.62. The van der Waals surface area contributed by atoms with Gasteiger partial charge in [-0.1, -0.05) is 25.7 Å². The average Bonchev–Trinajstić information content (AvgIpc) is 3.09. The fourth-order valence-corrected chi connectivity index (χ4v) is 5.72. The summed E-state index contributed by atoms with van der Waals surface area (Å²) < 4.78 is 27.1. The van der Waals surface area contributed by atoms with Crippen molar-refractivity contribution in [1.82, 2.24) is 9.62 Å². The van der Waals surface area contributed by atoms with Crippen LogP contribution in [-0.4, -0.2) is 55.2 Å². The molecule has 2 rings (SSSR count). The van der Waals surface area contributed by atoms with Crippen LogP contribution in [0.1, 0.15) is 51.4 Å². The van der Waals surface area contributed by atoms with E-state index in [1.807, 2.05) is 0 Å². The summed E-state index contributed by atoms with van der Waals surface area (Å²) in [6.07, 6.45) is 6.83. The van der Waals surface area contributed by atoms with Crippen molar-refractivity contribution in [3.8, 4) is 0 Å². The predicted molar refractivity (Wildman–Crippen MR) is 94.7 cm³/mol. The second kappa shape index (κ2) is 9.25. The molecule has 2 fully saturated rings. The Balaban J connectivity index is 1.60. The predicted octanol–water partition coefficient (Wildman–Crippen LogP) is 1.27. The van der Waals surface area contributed by atoms with Crippen molar-refractivity contribution in [2.24, 2.45) is 5.73 Å². The first-order chi connectivity index (χ1) is 11.0. The SMILES string of the molecule is N[C@@H](CCCCNS(=O)(=O)C1CCCCC1)C(=O)N1CCSC1. The molecule has 1 aliphatic heterocycles. The van der Waals surface area contributed by atoms with Gasteiger partial charge in [-0.25, -0.2) is 13.1 Å². The van der Waals surface area contributed by atoms with Crippen molar-refractivity contribution in [1.29, 1.82) is 0 Å². The van der Waals surface area contributed by atoms with Crippen molar-refractivity contribution in [2.45, 2.75) is 62.7 Å². The first-order valence-electron chi connectivity index (χ1n) is 8.61. The number of nitrogens with two attached hydrogens (primary N) is 1. The number of carbonyl (C=O) groups excluding carboxylic acids is 1. The molecule has 3 N–H and O–H groups in total. The maximum Gasteiger partial charge on any atom is 0.240 e. The van der Waals surface area contributed by atoms with Crippen LogP contribution in [0.4, 0.5) is 0 Å². The minimum absolute atomic E-state index is 0.0257. The van der Waals surface area contributed by atoms with Gasteiger partial charge in [0.25, 0.3) is 0 Å². The number of sulfonamides is 1. The van der Waals surface area contributed by atoms with Crippen molar-refractivity contribution >= 4 is 27.7 Å². The minimum Gasteiger partial charge on any atom is -0.331 e. The van der Waals surface area contributed by atoms with Crippen molar-refractivity contribution < 1.29 is 13.2 Å². The van der Waals surface area contributed by atoms with Gasteiger partial charge in [-0.15, -0.1) is 11.8 Å². The van der Waals surface area contributed by atoms with Gasteiger partial charge >= 0.3 is 0 Å². The highest BCUT2D eigenvalue weighted by molar-refractivity contribution is 7.99. The fourth-order valence-electron chi connectivity index (χ4n) is 3.14. The highest BCUT2D eigenvalue weighted by Crippen LogP contribution is 2.23. The Kier molecular flexibility index (Phi) is 7.65. The van der Waals surface area contributed by atoms with Crippen LogP contribution in [0.2, 0.25) is 0 Å². The van der Waals surface area contributed by atoms with Crippen LogP contribution in [0.15, 0.2) is 0 Å². The molecule has 0 aromatic rings. The summed E-state index contributed by atoms with van der Waals surface area (Å²) in [6, 6.07) is -0.455. The molecule has 0 spiro atoms. The van der Waals surface area contributed by atoms with Crippen molar-refractivity contribution in [2.75, 3.05) is 24.7 Å². The van der Waals surface area contributed by atoms with E-state index in [1.54, 1.807) is 16.7 Å².